The quantitative estimate of drug-likeness (QED) is 0.693. The molecule has 0 spiro atoms. The van der Waals surface area contributed by atoms with E-state index in [2.05, 4.69) is 0 Å². The molecule has 1 aromatic rings. The van der Waals surface area contributed by atoms with Crippen molar-refractivity contribution in [3.63, 3.8) is 0 Å². The number of hydrogen-bond donors (Lipinski definition) is 2. The molecule has 0 aromatic heterocycles. The third-order valence-corrected chi connectivity index (χ3v) is 2.21. The van der Waals surface area contributed by atoms with Crippen LogP contribution in [-0.4, -0.2) is 31.5 Å². The average Bonchev–Trinajstić information content (AvgIpc) is 2.28. The zero-order valence-corrected chi connectivity index (χ0v) is 8.40. The number of nitrogens with two attached hydrogens (primary N) is 1. The van der Waals surface area contributed by atoms with Gasteiger partial charge >= 0.3 is 0 Å². The summed E-state index contributed by atoms with van der Waals surface area (Å²) in [5, 5.41) is 8.94. The zero-order chi connectivity index (χ0) is 10.8. The molecular formula is C10H13NO4. The van der Waals surface area contributed by atoms with Gasteiger partial charge in [0.15, 0.2) is 17.6 Å². The Kier molecular flexibility index (Phi) is 2.55. The predicted molar refractivity (Wildman–Crippen MR) is 54.4 cm³/mol. The number of hydrogen-bond acceptors (Lipinski definition) is 5. The lowest BCUT2D eigenvalue weighted by atomic mass is 10.2. The largest absolute Gasteiger partial charge is 0.497 e. The Morgan fingerprint density at radius 2 is 2.40 bits per heavy atom. The number of ether oxygens (including phenoxy) is 3. The summed E-state index contributed by atoms with van der Waals surface area (Å²) in [6.45, 7) is 0.223. The van der Waals surface area contributed by atoms with Gasteiger partial charge in [0, 0.05) is 12.1 Å². The van der Waals surface area contributed by atoms with E-state index in [1.807, 2.05) is 0 Å². The second kappa shape index (κ2) is 3.86. The third kappa shape index (κ3) is 1.78. The Balaban J connectivity index is 2.35. The van der Waals surface area contributed by atoms with E-state index in [1.54, 1.807) is 19.2 Å². The van der Waals surface area contributed by atoms with Crippen LogP contribution in [0.5, 0.6) is 17.2 Å². The fourth-order valence-electron chi connectivity index (χ4n) is 1.42. The highest BCUT2D eigenvalue weighted by molar-refractivity contribution is 5.64. The summed E-state index contributed by atoms with van der Waals surface area (Å²) in [5.74, 6) is 1.65. The van der Waals surface area contributed by atoms with Crippen LogP contribution in [0.4, 0.5) is 5.69 Å². The number of rotatable bonds is 2. The fourth-order valence-corrected chi connectivity index (χ4v) is 1.42. The van der Waals surface area contributed by atoms with Crippen molar-refractivity contribution in [1.82, 2.24) is 0 Å². The normalized spacial score (nSPS) is 18.7. The van der Waals surface area contributed by atoms with Crippen LogP contribution in [0.25, 0.3) is 0 Å². The predicted octanol–water partition coefficient (Wildman–Crippen LogP) is 0.410. The number of aliphatic hydroxyl groups excluding tert-OH is 1. The number of fused-ring (bicyclic) bond motifs is 1. The van der Waals surface area contributed by atoms with Gasteiger partial charge in [0.05, 0.1) is 19.4 Å². The lowest BCUT2D eigenvalue weighted by Crippen LogP contribution is -2.32. The topological polar surface area (TPSA) is 73.9 Å². The number of methoxy groups -OCH3 is 1. The van der Waals surface area contributed by atoms with Crippen molar-refractivity contribution in [1.29, 1.82) is 0 Å². The first-order valence-corrected chi connectivity index (χ1v) is 4.62. The second-order valence-corrected chi connectivity index (χ2v) is 3.28. The van der Waals surface area contributed by atoms with Crippen LogP contribution in [0.2, 0.25) is 0 Å². The van der Waals surface area contributed by atoms with E-state index < -0.39 is 0 Å². The standard InChI is InChI=1S/C10H13NO4/c1-13-6-2-8(11)10-9(3-6)14-5-7(4-12)15-10/h2-3,7,12H,4-5,11H2,1H3/t7-/m1/s1. The minimum atomic E-state index is -0.354. The lowest BCUT2D eigenvalue weighted by Gasteiger charge is -2.26. The van der Waals surface area contributed by atoms with Crippen LogP contribution in [-0.2, 0) is 0 Å². The number of anilines is 1. The van der Waals surface area contributed by atoms with Crippen LogP contribution in [0, 0.1) is 0 Å². The molecule has 0 radical (unpaired) electrons. The highest BCUT2D eigenvalue weighted by Gasteiger charge is 2.23. The summed E-state index contributed by atoms with van der Waals surface area (Å²) in [7, 11) is 1.56. The molecule has 1 aromatic carbocycles. The van der Waals surface area contributed by atoms with Gasteiger partial charge in [-0.2, -0.15) is 0 Å². The van der Waals surface area contributed by atoms with Gasteiger partial charge in [0.2, 0.25) is 0 Å². The van der Waals surface area contributed by atoms with Crippen molar-refractivity contribution in [2.45, 2.75) is 6.10 Å². The Morgan fingerprint density at radius 1 is 1.60 bits per heavy atom. The van der Waals surface area contributed by atoms with Gasteiger partial charge in [0.1, 0.15) is 12.4 Å². The SMILES string of the molecule is COc1cc(N)c2c(c1)OC[C@@H](CO)O2. The molecule has 2 rings (SSSR count). The smallest absolute Gasteiger partial charge is 0.185 e. The summed E-state index contributed by atoms with van der Waals surface area (Å²) in [5.41, 5.74) is 6.21. The van der Waals surface area contributed by atoms with Gasteiger partial charge in [-0.25, -0.2) is 0 Å². The van der Waals surface area contributed by atoms with Gasteiger partial charge in [0.25, 0.3) is 0 Å². The molecule has 3 N–H and O–H groups in total. The van der Waals surface area contributed by atoms with Gasteiger partial charge in [-0.1, -0.05) is 0 Å². The molecule has 15 heavy (non-hydrogen) atoms. The number of nitrogen functional groups attached to an aromatic ring is 1. The monoisotopic (exact) mass is 211 g/mol. The van der Waals surface area contributed by atoms with E-state index >= 15 is 0 Å². The van der Waals surface area contributed by atoms with Crippen molar-refractivity contribution < 1.29 is 19.3 Å². The fraction of sp³-hybridized carbons (Fsp3) is 0.400. The molecule has 0 amide bonds. The van der Waals surface area contributed by atoms with Crippen molar-refractivity contribution >= 4 is 5.69 Å². The van der Waals surface area contributed by atoms with Crippen LogP contribution in [0.1, 0.15) is 0 Å². The number of aliphatic hydroxyl groups is 1. The molecule has 0 bridgehead atoms. The van der Waals surface area contributed by atoms with E-state index in [9.17, 15) is 0 Å². The Bertz CT molecular complexity index is 367. The lowest BCUT2D eigenvalue weighted by molar-refractivity contribution is 0.0462. The summed E-state index contributed by atoms with van der Waals surface area (Å²) >= 11 is 0. The van der Waals surface area contributed by atoms with Crippen molar-refractivity contribution in [3.8, 4) is 17.2 Å². The van der Waals surface area contributed by atoms with Gasteiger partial charge in [-0.15, -0.1) is 0 Å². The first kappa shape index (κ1) is 9.92. The molecule has 1 aliphatic rings. The van der Waals surface area contributed by atoms with E-state index in [1.165, 1.54) is 0 Å². The van der Waals surface area contributed by atoms with Crippen molar-refractivity contribution in [2.24, 2.45) is 0 Å². The van der Waals surface area contributed by atoms with E-state index in [0.717, 1.165) is 0 Å². The van der Waals surface area contributed by atoms with Crippen molar-refractivity contribution in [2.75, 3.05) is 26.1 Å². The molecule has 1 aliphatic heterocycles. The molecule has 5 heteroatoms. The van der Waals surface area contributed by atoms with E-state index in [0.29, 0.717) is 29.5 Å². The van der Waals surface area contributed by atoms with Crippen LogP contribution in [0.3, 0.4) is 0 Å². The molecule has 82 valence electrons. The molecule has 0 saturated carbocycles. The van der Waals surface area contributed by atoms with Gasteiger partial charge in [-0.05, 0) is 0 Å². The first-order chi connectivity index (χ1) is 7.24. The minimum Gasteiger partial charge on any atom is -0.497 e. The summed E-state index contributed by atoms with van der Waals surface area (Å²) in [6, 6.07) is 3.36. The highest BCUT2D eigenvalue weighted by atomic mass is 16.6. The summed E-state index contributed by atoms with van der Waals surface area (Å²) in [6.07, 6.45) is -0.354. The highest BCUT2D eigenvalue weighted by Crippen LogP contribution is 2.40. The minimum absolute atomic E-state index is 0.0924. The molecule has 0 aliphatic carbocycles. The van der Waals surface area contributed by atoms with Crippen LogP contribution >= 0.6 is 0 Å². The second-order valence-electron chi connectivity index (χ2n) is 3.28. The Hall–Kier alpha value is -1.62. The molecule has 1 atom stereocenters. The average molecular weight is 211 g/mol. The van der Waals surface area contributed by atoms with Crippen LogP contribution < -0.4 is 19.9 Å². The third-order valence-electron chi connectivity index (χ3n) is 2.21. The maximum atomic E-state index is 8.94. The maximum Gasteiger partial charge on any atom is 0.185 e. The van der Waals surface area contributed by atoms with E-state index in [4.69, 9.17) is 25.1 Å². The summed E-state index contributed by atoms with van der Waals surface area (Å²) in [4.78, 5) is 0. The zero-order valence-electron chi connectivity index (χ0n) is 8.40. The number of benzene rings is 1. The Morgan fingerprint density at radius 3 is 3.07 bits per heavy atom. The van der Waals surface area contributed by atoms with Gasteiger partial charge < -0.3 is 25.1 Å². The maximum absolute atomic E-state index is 8.94. The van der Waals surface area contributed by atoms with Crippen LogP contribution in [0.15, 0.2) is 12.1 Å². The first-order valence-electron chi connectivity index (χ1n) is 4.62. The molecule has 5 nitrogen and oxygen atoms in total. The molecule has 0 unspecified atom stereocenters. The molecule has 0 fully saturated rings. The molecule has 0 saturated heterocycles. The van der Waals surface area contributed by atoms with E-state index in [-0.39, 0.29) is 12.7 Å². The molecular weight excluding hydrogens is 198 g/mol. The van der Waals surface area contributed by atoms with Crippen molar-refractivity contribution in [3.05, 3.63) is 12.1 Å². The van der Waals surface area contributed by atoms with Gasteiger partial charge in [-0.3, -0.25) is 0 Å². The molecule has 1 heterocycles. The summed E-state index contributed by atoms with van der Waals surface area (Å²) < 4.78 is 15.9. The Labute approximate surface area is 87.4 Å².